The van der Waals surface area contributed by atoms with Crippen molar-refractivity contribution < 1.29 is 0 Å². The van der Waals surface area contributed by atoms with Crippen LogP contribution in [0.1, 0.15) is 32.7 Å². The van der Waals surface area contributed by atoms with Crippen molar-refractivity contribution >= 4 is 51.9 Å². The van der Waals surface area contributed by atoms with E-state index in [4.69, 9.17) is 33.2 Å². The number of hydrogen-bond acceptors (Lipinski definition) is 6. The van der Waals surface area contributed by atoms with Gasteiger partial charge in [0, 0.05) is 27.8 Å². The Kier molecular flexibility index (Phi) is 5.57. The zero-order valence-electron chi connectivity index (χ0n) is 15.8. The summed E-state index contributed by atoms with van der Waals surface area (Å²) in [5.74, 6) is 1.33. The Labute approximate surface area is 173 Å². The fraction of sp³-hybridized carbons (Fsp3) is 0.421. The van der Waals surface area contributed by atoms with E-state index >= 15 is 0 Å². The molecule has 0 bridgehead atoms. The second kappa shape index (κ2) is 8.11. The molecule has 3 heterocycles. The molecule has 1 aliphatic heterocycles. The third-order valence-corrected chi connectivity index (χ3v) is 5.08. The minimum Gasteiger partial charge on any atom is -0.352 e. The van der Waals surface area contributed by atoms with Crippen LogP contribution in [-0.4, -0.2) is 38.7 Å². The molecule has 3 aromatic rings. The number of halogens is 2. The van der Waals surface area contributed by atoms with Crippen LogP contribution in [0, 0.1) is 0 Å². The summed E-state index contributed by atoms with van der Waals surface area (Å²) < 4.78 is 2.18. The number of aromatic nitrogens is 4. The van der Waals surface area contributed by atoms with Crippen molar-refractivity contribution in [2.75, 3.05) is 23.7 Å². The Morgan fingerprint density at radius 2 is 1.82 bits per heavy atom. The highest BCUT2D eigenvalue weighted by atomic mass is 35.5. The Morgan fingerprint density at radius 1 is 1.11 bits per heavy atom. The van der Waals surface area contributed by atoms with Gasteiger partial charge in [-0.25, -0.2) is 9.97 Å². The first-order valence-electron chi connectivity index (χ1n) is 9.45. The summed E-state index contributed by atoms with van der Waals surface area (Å²) in [6.45, 7) is 6.06. The highest BCUT2D eigenvalue weighted by molar-refractivity contribution is 6.35. The lowest BCUT2D eigenvalue weighted by Crippen LogP contribution is -2.30. The minimum atomic E-state index is 0.249. The summed E-state index contributed by atoms with van der Waals surface area (Å²) in [5, 5.41) is 11.2. The topological polar surface area (TPSA) is 79.7 Å². The molecule has 0 unspecified atom stereocenters. The molecule has 1 fully saturated rings. The van der Waals surface area contributed by atoms with Crippen molar-refractivity contribution in [3.63, 3.8) is 0 Å². The average molecular weight is 420 g/mol. The number of fused-ring (bicyclic) bond motifs is 1. The van der Waals surface area contributed by atoms with Crippen LogP contribution in [-0.2, 0) is 0 Å². The van der Waals surface area contributed by atoms with Gasteiger partial charge in [0.2, 0.25) is 11.9 Å². The molecule has 0 aliphatic carbocycles. The average Bonchev–Trinajstić information content (AvgIpc) is 2.98. The van der Waals surface area contributed by atoms with Crippen LogP contribution in [0.4, 0.5) is 17.6 Å². The standard InChI is InChI=1S/C19H23Cl2N7/c1-11(2)24-18-23-10-16-17(27-18)28(15-3-5-22-6-4-15)19(26-16)25-14-8-12(20)7-13(21)9-14/h7-11,15,22H,3-6H2,1-2H3,(H,25,26)(H,23,24,27). The smallest absolute Gasteiger partial charge is 0.224 e. The van der Waals surface area contributed by atoms with E-state index in [0.717, 1.165) is 48.7 Å². The Balaban J connectivity index is 1.79. The van der Waals surface area contributed by atoms with Gasteiger partial charge in [0.15, 0.2) is 5.65 Å². The monoisotopic (exact) mass is 419 g/mol. The number of nitrogens with zero attached hydrogens (tertiary/aromatic N) is 4. The predicted molar refractivity (Wildman–Crippen MR) is 115 cm³/mol. The van der Waals surface area contributed by atoms with Crippen molar-refractivity contribution in [1.82, 2.24) is 24.8 Å². The minimum absolute atomic E-state index is 0.249. The summed E-state index contributed by atoms with van der Waals surface area (Å²) in [6, 6.07) is 5.91. The zero-order valence-corrected chi connectivity index (χ0v) is 17.3. The normalized spacial score (nSPS) is 15.3. The van der Waals surface area contributed by atoms with Crippen LogP contribution in [0.15, 0.2) is 24.4 Å². The van der Waals surface area contributed by atoms with Crippen LogP contribution in [0.2, 0.25) is 10.0 Å². The predicted octanol–water partition coefficient (Wildman–Crippen LogP) is 4.62. The molecule has 9 heteroatoms. The molecule has 148 valence electrons. The SMILES string of the molecule is CC(C)Nc1ncc2nc(Nc3cc(Cl)cc(Cl)c3)n(C3CCNCC3)c2n1. The molecular formula is C19H23Cl2N7. The maximum atomic E-state index is 6.16. The molecule has 0 radical (unpaired) electrons. The van der Waals surface area contributed by atoms with Crippen LogP contribution in [0.25, 0.3) is 11.2 Å². The molecule has 3 N–H and O–H groups in total. The molecule has 7 nitrogen and oxygen atoms in total. The van der Waals surface area contributed by atoms with E-state index in [1.54, 1.807) is 12.3 Å². The molecule has 2 aromatic heterocycles. The van der Waals surface area contributed by atoms with Crippen molar-refractivity contribution in [2.45, 2.75) is 38.8 Å². The molecule has 28 heavy (non-hydrogen) atoms. The summed E-state index contributed by atoms with van der Waals surface area (Å²) in [4.78, 5) is 13.9. The first kappa shape index (κ1) is 19.2. The van der Waals surface area contributed by atoms with Gasteiger partial charge in [-0.05, 0) is 58.0 Å². The van der Waals surface area contributed by atoms with Crippen LogP contribution in [0.5, 0.6) is 0 Å². The largest absolute Gasteiger partial charge is 0.352 e. The summed E-state index contributed by atoms with van der Waals surface area (Å²) >= 11 is 12.3. The van der Waals surface area contributed by atoms with E-state index in [0.29, 0.717) is 22.0 Å². The van der Waals surface area contributed by atoms with Gasteiger partial charge in [0.1, 0.15) is 5.52 Å². The van der Waals surface area contributed by atoms with Gasteiger partial charge in [-0.15, -0.1) is 0 Å². The fourth-order valence-corrected chi connectivity index (χ4v) is 4.00. The van der Waals surface area contributed by atoms with E-state index in [9.17, 15) is 0 Å². The maximum Gasteiger partial charge on any atom is 0.224 e. The zero-order chi connectivity index (χ0) is 19.7. The second-order valence-corrected chi connectivity index (χ2v) is 8.14. The molecule has 1 aromatic carbocycles. The van der Waals surface area contributed by atoms with Crippen molar-refractivity contribution in [2.24, 2.45) is 0 Å². The number of piperidine rings is 1. The number of hydrogen-bond donors (Lipinski definition) is 3. The van der Waals surface area contributed by atoms with Gasteiger partial charge in [0.25, 0.3) is 0 Å². The number of nitrogens with one attached hydrogen (secondary N) is 3. The molecule has 1 saturated heterocycles. The van der Waals surface area contributed by atoms with Crippen molar-refractivity contribution in [3.05, 3.63) is 34.4 Å². The van der Waals surface area contributed by atoms with E-state index in [1.165, 1.54) is 0 Å². The summed E-state index contributed by atoms with van der Waals surface area (Å²) in [7, 11) is 0. The number of anilines is 3. The number of imidazole rings is 1. The lowest BCUT2D eigenvalue weighted by Gasteiger charge is -2.26. The highest BCUT2D eigenvalue weighted by Gasteiger charge is 2.23. The van der Waals surface area contributed by atoms with Gasteiger partial charge in [-0.1, -0.05) is 23.2 Å². The molecule has 4 rings (SSSR count). The molecule has 0 saturated carbocycles. The lowest BCUT2D eigenvalue weighted by molar-refractivity contribution is 0.377. The third kappa shape index (κ3) is 4.16. The fourth-order valence-electron chi connectivity index (χ4n) is 3.47. The van der Waals surface area contributed by atoms with Crippen molar-refractivity contribution in [1.29, 1.82) is 0 Å². The third-order valence-electron chi connectivity index (χ3n) is 4.64. The number of benzene rings is 1. The maximum absolute atomic E-state index is 6.16. The first-order chi connectivity index (χ1) is 13.5. The van der Waals surface area contributed by atoms with Gasteiger partial charge in [0.05, 0.1) is 6.20 Å². The van der Waals surface area contributed by atoms with Crippen LogP contribution in [0.3, 0.4) is 0 Å². The van der Waals surface area contributed by atoms with Gasteiger partial charge in [-0.3, -0.25) is 4.57 Å². The van der Waals surface area contributed by atoms with Crippen LogP contribution >= 0.6 is 23.2 Å². The lowest BCUT2D eigenvalue weighted by atomic mass is 10.1. The Bertz CT molecular complexity index is 960. The summed E-state index contributed by atoms with van der Waals surface area (Å²) in [6.07, 6.45) is 3.78. The van der Waals surface area contributed by atoms with E-state index in [1.807, 2.05) is 12.1 Å². The van der Waals surface area contributed by atoms with Crippen molar-refractivity contribution in [3.8, 4) is 0 Å². The van der Waals surface area contributed by atoms with Gasteiger partial charge >= 0.3 is 0 Å². The number of rotatable bonds is 5. The quantitative estimate of drug-likeness (QED) is 0.559. The Morgan fingerprint density at radius 3 is 2.50 bits per heavy atom. The molecule has 0 spiro atoms. The van der Waals surface area contributed by atoms with Gasteiger partial charge < -0.3 is 16.0 Å². The molecule has 0 atom stereocenters. The van der Waals surface area contributed by atoms with E-state index in [2.05, 4.69) is 39.3 Å². The first-order valence-corrected chi connectivity index (χ1v) is 10.2. The van der Waals surface area contributed by atoms with E-state index < -0.39 is 0 Å². The Hall–Kier alpha value is -2.09. The molecular weight excluding hydrogens is 397 g/mol. The second-order valence-electron chi connectivity index (χ2n) is 7.27. The van der Waals surface area contributed by atoms with Crippen LogP contribution < -0.4 is 16.0 Å². The van der Waals surface area contributed by atoms with Gasteiger partial charge in [-0.2, -0.15) is 4.98 Å². The highest BCUT2D eigenvalue weighted by Crippen LogP contribution is 2.32. The summed E-state index contributed by atoms with van der Waals surface area (Å²) in [5.41, 5.74) is 2.36. The molecule has 1 aliphatic rings. The molecule has 0 amide bonds. The van der Waals surface area contributed by atoms with E-state index in [-0.39, 0.29) is 6.04 Å².